The molecule has 0 aliphatic carbocycles. The highest BCUT2D eigenvalue weighted by atomic mass is 16.6. The Bertz CT molecular complexity index is 714. The highest BCUT2D eigenvalue weighted by molar-refractivity contribution is 5.90. The third-order valence-corrected chi connectivity index (χ3v) is 4.79. The summed E-state index contributed by atoms with van der Waals surface area (Å²) in [6, 6.07) is 5.55. The lowest BCUT2D eigenvalue weighted by Gasteiger charge is -2.35. The summed E-state index contributed by atoms with van der Waals surface area (Å²) in [6.07, 6.45) is 1.57. The number of amides is 3. The van der Waals surface area contributed by atoms with Crippen molar-refractivity contribution < 1.29 is 19.1 Å². The van der Waals surface area contributed by atoms with Crippen LogP contribution in [0.3, 0.4) is 0 Å². The molecule has 7 heteroatoms. The number of nitrogens with zero attached hydrogens (tertiary/aromatic N) is 2. The van der Waals surface area contributed by atoms with Gasteiger partial charge < -0.3 is 24.6 Å². The summed E-state index contributed by atoms with van der Waals surface area (Å²) in [6.45, 7) is 12.0. The van der Waals surface area contributed by atoms with Crippen LogP contribution in [0.1, 0.15) is 46.1 Å². The fourth-order valence-electron chi connectivity index (χ4n) is 3.43. The standard InChI is InChI=1S/C22H35N3O4/c1-7-28-18-10-11-19(16(2)13-18)23-20(26)25-12-8-9-17(15-25)14-24(6)21(27)29-22(3,4)5/h10-11,13,17H,7-9,12,14-15H2,1-6H3,(H,23,26). The molecule has 1 aromatic rings. The van der Waals surface area contributed by atoms with Crippen LogP contribution in [-0.4, -0.2) is 60.8 Å². The minimum atomic E-state index is -0.514. The molecule has 1 fully saturated rings. The molecule has 0 bridgehead atoms. The van der Waals surface area contributed by atoms with Crippen molar-refractivity contribution in [2.45, 2.75) is 53.1 Å². The van der Waals surface area contributed by atoms with Crippen LogP contribution in [0.25, 0.3) is 0 Å². The summed E-state index contributed by atoms with van der Waals surface area (Å²) in [4.78, 5) is 28.4. The minimum Gasteiger partial charge on any atom is -0.494 e. The second-order valence-electron chi connectivity index (χ2n) is 8.66. The Morgan fingerprint density at radius 1 is 1.31 bits per heavy atom. The lowest BCUT2D eigenvalue weighted by atomic mass is 9.98. The van der Waals surface area contributed by atoms with Crippen molar-refractivity contribution in [2.75, 3.05) is 38.6 Å². The minimum absolute atomic E-state index is 0.109. The maximum absolute atomic E-state index is 12.8. The first-order valence-electron chi connectivity index (χ1n) is 10.3. The lowest BCUT2D eigenvalue weighted by Crippen LogP contribution is -2.46. The van der Waals surface area contributed by atoms with E-state index in [1.807, 2.05) is 57.7 Å². The smallest absolute Gasteiger partial charge is 0.410 e. The molecule has 0 radical (unpaired) electrons. The molecule has 1 saturated heterocycles. The number of nitrogens with one attached hydrogen (secondary N) is 1. The summed E-state index contributed by atoms with van der Waals surface area (Å²) in [5.74, 6) is 1.03. The van der Waals surface area contributed by atoms with E-state index in [2.05, 4.69) is 5.32 Å². The topological polar surface area (TPSA) is 71.1 Å². The zero-order valence-corrected chi connectivity index (χ0v) is 18.6. The number of anilines is 1. The van der Waals surface area contributed by atoms with E-state index in [0.29, 0.717) is 26.2 Å². The summed E-state index contributed by atoms with van der Waals surface area (Å²) >= 11 is 0. The third-order valence-electron chi connectivity index (χ3n) is 4.79. The van der Waals surface area contributed by atoms with E-state index in [0.717, 1.165) is 29.8 Å². The number of benzene rings is 1. The predicted octanol–water partition coefficient (Wildman–Crippen LogP) is 4.50. The van der Waals surface area contributed by atoms with Crippen LogP contribution in [0.2, 0.25) is 0 Å². The van der Waals surface area contributed by atoms with Crippen molar-refractivity contribution in [3.63, 3.8) is 0 Å². The van der Waals surface area contributed by atoms with Crippen molar-refractivity contribution in [1.29, 1.82) is 0 Å². The molecular weight excluding hydrogens is 370 g/mol. The second kappa shape index (κ2) is 9.85. The van der Waals surface area contributed by atoms with E-state index in [-0.39, 0.29) is 18.0 Å². The predicted molar refractivity (Wildman–Crippen MR) is 115 cm³/mol. The molecule has 29 heavy (non-hydrogen) atoms. The Morgan fingerprint density at radius 3 is 2.66 bits per heavy atom. The van der Waals surface area contributed by atoms with Crippen molar-refractivity contribution in [2.24, 2.45) is 5.92 Å². The first-order valence-corrected chi connectivity index (χ1v) is 10.3. The van der Waals surface area contributed by atoms with Gasteiger partial charge in [-0.05, 0) is 77.1 Å². The fourth-order valence-corrected chi connectivity index (χ4v) is 3.43. The number of ether oxygens (including phenoxy) is 2. The molecule has 1 aliphatic heterocycles. The van der Waals surface area contributed by atoms with E-state index in [1.54, 1.807) is 11.9 Å². The van der Waals surface area contributed by atoms with Gasteiger partial charge in [-0.25, -0.2) is 9.59 Å². The number of carbonyl (C=O) groups is 2. The van der Waals surface area contributed by atoms with Gasteiger partial charge in [-0.15, -0.1) is 0 Å². The van der Waals surface area contributed by atoms with Gasteiger partial charge in [-0.1, -0.05) is 0 Å². The second-order valence-corrected chi connectivity index (χ2v) is 8.66. The van der Waals surface area contributed by atoms with Crippen molar-refractivity contribution in [3.05, 3.63) is 23.8 Å². The summed E-state index contributed by atoms with van der Waals surface area (Å²) in [7, 11) is 1.75. The summed E-state index contributed by atoms with van der Waals surface area (Å²) in [5, 5.41) is 3.00. The molecule has 1 atom stereocenters. The van der Waals surface area contributed by atoms with E-state index >= 15 is 0 Å². The summed E-state index contributed by atoms with van der Waals surface area (Å²) < 4.78 is 10.9. The van der Waals surface area contributed by atoms with Gasteiger partial charge in [0.25, 0.3) is 0 Å². The van der Waals surface area contributed by atoms with Crippen molar-refractivity contribution >= 4 is 17.8 Å². The molecule has 7 nitrogen and oxygen atoms in total. The first kappa shape index (κ1) is 22.8. The molecule has 1 N–H and O–H groups in total. The largest absolute Gasteiger partial charge is 0.494 e. The first-order chi connectivity index (χ1) is 13.6. The number of piperidine rings is 1. The van der Waals surface area contributed by atoms with Crippen LogP contribution in [0, 0.1) is 12.8 Å². The van der Waals surface area contributed by atoms with Gasteiger partial charge in [0.1, 0.15) is 11.4 Å². The van der Waals surface area contributed by atoms with Gasteiger partial charge in [-0.2, -0.15) is 0 Å². The zero-order valence-electron chi connectivity index (χ0n) is 18.6. The van der Waals surface area contributed by atoms with Crippen LogP contribution < -0.4 is 10.1 Å². The molecule has 2 rings (SSSR count). The van der Waals surface area contributed by atoms with Gasteiger partial charge in [-0.3, -0.25) is 0 Å². The molecule has 0 spiro atoms. The average Bonchev–Trinajstić information content (AvgIpc) is 2.63. The van der Waals surface area contributed by atoms with Gasteiger partial charge >= 0.3 is 12.1 Å². The SMILES string of the molecule is CCOc1ccc(NC(=O)N2CCCC(CN(C)C(=O)OC(C)(C)C)C2)c(C)c1. The van der Waals surface area contributed by atoms with E-state index in [4.69, 9.17) is 9.47 Å². The number of hydrogen-bond donors (Lipinski definition) is 1. The molecule has 162 valence electrons. The monoisotopic (exact) mass is 405 g/mol. The Labute approximate surface area is 174 Å². The number of urea groups is 1. The zero-order chi connectivity index (χ0) is 21.6. The van der Waals surface area contributed by atoms with Crippen molar-refractivity contribution in [3.8, 4) is 5.75 Å². The summed E-state index contributed by atoms with van der Waals surface area (Å²) in [5.41, 5.74) is 1.23. The maximum atomic E-state index is 12.8. The Balaban J connectivity index is 1.91. The van der Waals surface area contributed by atoms with E-state index in [9.17, 15) is 9.59 Å². The van der Waals surface area contributed by atoms with E-state index in [1.165, 1.54) is 0 Å². The van der Waals surface area contributed by atoms with Crippen LogP contribution in [0.15, 0.2) is 18.2 Å². The molecule has 0 aromatic heterocycles. The number of carbonyl (C=O) groups excluding carboxylic acids is 2. The lowest BCUT2D eigenvalue weighted by molar-refractivity contribution is 0.0253. The molecule has 1 aliphatic rings. The van der Waals surface area contributed by atoms with Gasteiger partial charge in [0.2, 0.25) is 0 Å². The number of likely N-dealkylation sites (tertiary alicyclic amines) is 1. The van der Waals surface area contributed by atoms with Crippen LogP contribution in [0.5, 0.6) is 5.75 Å². The van der Waals surface area contributed by atoms with Gasteiger partial charge in [0, 0.05) is 32.4 Å². The number of aryl methyl sites for hydroxylation is 1. The molecule has 3 amide bonds. The van der Waals surface area contributed by atoms with E-state index < -0.39 is 5.60 Å². The number of hydrogen-bond acceptors (Lipinski definition) is 4. The van der Waals surface area contributed by atoms with Crippen LogP contribution in [-0.2, 0) is 4.74 Å². The highest BCUT2D eigenvalue weighted by Crippen LogP contribution is 2.23. The molecule has 1 heterocycles. The quantitative estimate of drug-likeness (QED) is 0.783. The molecular formula is C22H35N3O4. The third kappa shape index (κ3) is 7.15. The normalized spacial score (nSPS) is 16.9. The maximum Gasteiger partial charge on any atom is 0.410 e. The molecule has 1 aromatic carbocycles. The highest BCUT2D eigenvalue weighted by Gasteiger charge is 2.27. The van der Waals surface area contributed by atoms with Crippen molar-refractivity contribution in [1.82, 2.24) is 9.80 Å². The van der Waals surface area contributed by atoms with Crippen LogP contribution in [0.4, 0.5) is 15.3 Å². The Kier molecular flexibility index (Phi) is 7.76. The molecule has 0 saturated carbocycles. The Hall–Kier alpha value is -2.44. The molecule has 1 unspecified atom stereocenters. The number of rotatable bonds is 5. The van der Waals surface area contributed by atoms with Gasteiger partial charge in [0.05, 0.1) is 6.61 Å². The average molecular weight is 406 g/mol. The van der Waals surface area contributed by atoms with Gasteiger partial charge in [0.15, 0.2) is 0 Å². The van der Waals surface area contributed by atoms with Crippen LogP contribution >= 0.6 is 0 Å². The fraction of sp³-hybridized carbons (Fsp3) is 0.636. The Morgan fingerprint density at radius 2 is 2.03 bits per heavy atom.